The van der Waals surface area contributed by atoms with Gasteiger partial charge in [-0.3, -0.25) is 4.90 Å². The molecule has 0 bridgehead atoms. The van der Waals surface area contributed by atoms with E-state index in [1.807, 2.05) is 0 Å². The maximum Gasteiger partial charge on any atom is 0.126 e. The molecule has 1 saturated heterocycles. The molecule has 1 aromatic rings. The highest BCUT2D eigenvalue weighted by molar-refractivity contribution is 5.34. The zero-order chi connectivity index (χ0) is 14.5. The molecule has 2 fully saturated rings. The molecule has 1 N–H and O–H groups in total. The van der Waals surface area contributed by atoms with Gasteiger partial charge in [0, 0.05) is 13.1 Å². The maximum atomic E-state index is 4.71. The topological polar surface area (TPSA) is 28.2 Å². The highest BCUT2D eigenvalue weighted by Crippen LogP contribution is 2.44. The van der Waals surface area contributed by atoms with Crippen molar-refractivity contribution in [1.82, 2.24) is 9.88 Å². The van der Waals surface area contributed by atoms with E-state index in [1.54, 1.807) is 0 Å². The van der Waals surface area contributed by atoms with Gasteiger partial charge in [-0.1, -0.05) is 25.3 Å². The van der Waals surface area contributed by atoms with E-state index in [1.165, 1.54) is 63.7 Å². The largest absolute Gasteiger partial charge is 0.370 e. The number of hydrogen-bond donors (Lipinski definition) is 1. The second-order valence-corrected chi connectivity index (χ2v) is 6.88. The van der Waals surface area contributed by atoms with E-state index in [2.05, 4.69) is 35.3 Å². The lowest BCUT2D eigenvalue weighted by atomic mass is 9.68. The lowest BCUT2D eigenvalue weighted by Gasteiger charge is -2.44. The summed E-state index contributed by atoms with van der Waals surface area (Å²) in [6.45, 7) is 6.57. The molecule has 1 spiro atoms. The smallest absolute Gasteiger partial charge is 0.126 e. The first-order valence-corrected chi connectivity index (χ1v) is 8.72. The molecule has 3 heteroatoms. The summed E-state index contributed by atoms with van der Waals surface area (Å²) in [4.78, 5) is 7.30. The SMILES string of the molecule is CCNc1cccc(CN2CCC3(CCCCC3)CC2)n1. The molecule has 2 heterocycles. The first kappa shape index (κ1) is 14.8. The number of anilines is 1. The van der Waals surface area contributed by atoms with Crippen molar-refractivity contribution in [1.29, 1.82) is 0 Å². The Morgan fingerprint density at radius 2 is 1.86 bits per heavy atom. The third-order valence-corrected chi connectivity index (χ3v) is 5.38. The number of piperidine rings is 1. The van der Waals surface area contributed by atoms with Gasteiger partial charge in [-0.05, 0) is 63.2 Å². The molecule has 0 radical (unpaired) electrons. The first-order valence-electron chi connectivity index (χ1n) is 8.72. The Bertz CT molecular complexity index is 442. The van der Waals surface area contributed by atoms with Gasteiger partial charge >= 0.3 is 0 Å². The fourth-order valence-corrected chi connectivity index (χ4v) is 4.06. The lowest BCUT2D eigenvalue weighted by Crippen LogP contribution is -2.40. The third-order valence-electron chi connectivity index (χ3n) is 5.38. The van der Waals surface area contributed by atoms with E-state index < -0.39 is 0 Å². The number of hydrogen-bond acceptors (Lipinski definition) is 3. The van der Waals surface area contributed by atoms with Crippen LogP contribution in [0, 0.1) is 5.41 Å². The Labute approximate surface area is 129 Å². The van der Waals surface area contributed by atoms with E-state index >= 15 is 0 Å². The zero-order valence-corrected chi connectivity index (χ0v) is 13.4. The number of aromatic nitrogens is 1. The van der Waals surface area contributed by atoms with Gasteiger partial charge in [-0.15, -0.1) is 0 Å². The molecular weight excluding hydrogens is 258 g/mol. The highest BCUT2D eigenvalue weighted by Gasteiger charge is 2.35. The number of nitrogens with zero attached hydrogens (tertiary/aromatic N) is 2. The summed E-state index contributed by atoms with van der Waals surface area (Å²) in [6, 6.07) is 6.33. The monoisotopic (exact) mass is 287 g/mol. The van der Waals surface area contributed by atoms with Crippen LogP contribution in [0.25, 0.3) is 0 Å². The Hall–Kier alpha value is -1.09. The first-order chi connectivity index (χ1) is 10.3. The average Bonchev–Trinajstić information content (AvgIpc) is 2.52. The number of pyridine rings is 1. The van der Waals surface area contributed by atoms with Gasteiger partial charge in [-0.25, -0.2) is 4.98 Å². The van der Waals surface area contributed by atoms with E-state index in [-0.39, 0.29) is 0 Å². The molecule has 1 saturated carbocycles. The van der Waals surface area contributed by atoms with Crippen LogP contribution in [0.5, 0.6) is 0 Å². The maximum absolute atomic E-state index is 4.71. The van der Waals surface area contributed by atoms with Crippen molar-refractivity contribution in [2.75, 3.05) is 25.0 Å². The van der Waals surface area contributed by atoms with Crippen LogP contribution < -0.4 is 5.32 Å². The molecule has 0 aromatic carbocycles. The number of nitrogens with one attached hydrogen (secondary N) is 1. The predicted octanol–water partition coefficient (Wildman–Crippen LogP) is 4.06. The lowest BCUT2D eigenvalue weighted by molar-refractivity contribution is 0.0635. The van der Waals surface area contributed by atoms with E-state index in [0.717, 1.165) is 18.9 Å². The van der Waals surface area contributed by atoms with E-state index in [0.29, 0.717) is 5.41 Å². The molecule has 0 atom stereocenters. The Kier molecular flexibility index (Phi) is 4.79. The highest BCUT2D eigenvalue weighted by atomic mass is 15.1. The molecule has 0 amide bonds. The van der Waals surface area contributed by atoms with Crippen molar-refractivity contribution in [3.05, 3.63) is 23.9 Å². The quantitative estimate of drug-likeness (QED) is 0.905. The summed E-state index contributed by atoms with van der Waals surface area (Å²) < 4.78 is 0. The molecule has 2 aliphatic rings. The molecule has 1 aliphatic heterocycles. The van der Waals surface area contributed by atoms with Crippen LogP contribution in [0.3, 0.4) is 0 Å². The van der Waals surface area contributed by atoms with Crippen LogP contribution in [0.15, 0.2) is 18.2 Å². The molecule has 21 heavy (non-hydrogen) atoms. The van der Waals surface area contributed by atoms with Gasteiger partial charge < -0.3 is 5.32 Å². The zero-order valence-electron chi connectivity index (χ0n) is 13.4. The third kappa shape index (κ3) is 3.76. The number of rotatable bonds is 4. The minimum absolute atomic E-state index is 0.702. The van der Waals surface area contributed by atoms with Crippen molar-refractivity contribution in [2.45, 2.75) is 58.4 Å². The van der Waals surface area contributed by atoms with Crippen LogP contribution in [0.1, 0.15) is 57.6 Å². The van der Waals surface area contributed by atoms with E-state index in [9.17, 15) is 0 Å². The summed E-state index contributed by atoms with van der Waals surface area (Å²) in [6.07, 6.45) is 10.2. The summed E-state index contributed by atoms with van der Waals surface area (Å²) in [5.41, 5.74) is 1.90. The van der Waals surface area contributed by atoms with Gasteiger partial charge in [0.15, 0.2) is 0 Å². The molecule has 0 unspecified atom stereocenters. The molecular formula is C18H29N3. The minimum atomic E-state index is 0.702. The molecule has 1 aromatic heterocycles. The fourth-order valence-electron chi connectivity index (χ4n) is 4.06. The molecule has 3 nitrogen and oxygen atoms in total. The predicted molar refractivity (Wildman–Crippen MR) is 88.4 cm³/mol. The van der Waals surface area contributed by atoms with Crippen molar-refractivity contribution in [3.63, 3.8) is 0 Å². The van der Waals surface area contributed by atoms with Crippen molar-refractivity contribution in [2.24, 2.45) is 5.41 Å². The summed E-state index contributed by atoms with van der Waals surface area (Å²) in [5, 5.41) is 3.30. The van der Waals surface area contributed by atoms with Crippen LogP contribution >= 0.6 is 0 Å². The molecule has 116 valence electrons. The van der Waals surface area contributed by atoms with Gasteiger partial charge in [0.1, 0.15) is 5.82 Å². The fraction of sp³-hybridized carbons (Fsp3) is 0.722. The van der Waals surface area contributed by atoms with Gasteiger partial charge in [-0.2, -0.15) is 0 Å². The van der Waals surface area contributed by atoms with E-state index in [4.69, 9.17) is 4.98 Å². The Morgan fingerprint density at radius 1 is 1.10 bits per heavy atom. The summed E-state index contributed by atoms with van der Waals surface area (Å²) >= 11 is 0. The summed E-state index contributed by atoms with van der Waals surface area (Å²) in [7, 11) is 0. The van der Waals surface area contributed by atoms with Crippen molar-refractivity contribution in [3.8, 4) is 0 Å². The second kappa shape index (κ2) is 6.78. The van der Waals surface area contributed by atoms with Crippen molar-refractivity contribution >= 4 is 5.82 Å². The molecule has 3 rings (SSSR count). The number of likely N-dealkylation sites (tertiary alicyclic amines) is 1. The van der Waals surface area contributed by atoms with Crippen LogP contribution in [-0.2, 0) is 6.54 Å². The molecule has 1 aliphatic carbocycles. The Balaban J connectivity index is 1.54. The second-order valence-electron chi connectivity index (χ2n) is 6.88. The van der Waals surface area contributed by atoms with Gasteiger partial charge in [0.2, 0.25) is 0 Å². The van der Waals surface area contributed by atoms with Crippen molar-refractivity contribution < 1.29 is 0 Å². The normalized spacial score (nSPS) is 22.3. The average molecular weight is 287 g/mol. The van der Waals surface area contributed by atoms with Crippen LogP contribution in [-0.4, -0.2) is 29.5 Å². The van der Waals surface area contributed by atoms with Gasteiger partial charge in [0.05, 0.1) is 5.69 Å². The Morgan fingerprint density at radius 3 is 2.57 bits per heavy atom. The minimum Gasteiger partial charge on any atom is -0.370 e. The summed E-state index contributed by atoms with van der Waals surface area (Å²) in [5.74, 6) is 1.01. The van der Waals surface area contributed by atoms with Crippen LogP contribution in [0.4, 0.5) is 5.82 Å². The van der Waals surface area contributed by atoms with Gasteiger partial charge in [0.25, 0.3) is 0 Å². The standard InChI is InChI=1S/C18H29N3/c1-2-19-17-8-6-7-16(20-17)15-21-13-11-18(12-14-21)9-4-3-5-10-18/h6-8H,2-5,9-15H2,1H3,(H,19,20). The van der Waals surface area contributed by atoms with Crippen LogP contribution in [0.2, 0.25) is 0 Å².